The number of rotatable bonds is 13. The molecule has 2 amide bonds. The minimum Gasteiger partial charge on any atom is -0.508 e. The van der Waals surface area contributed by atoms with Crippen molar-refractivity contribution < 1.29 is 19.5 Å². The van der Waals surface area contributed by atoms with Crippen LogP contribution in [0.4, 0.5) is 0 Å². The number of Topliss-reactive ketones (excluding diaryl/α,β-unsaturated/α-hetero) is 1. The number of aromatic hydroxyl groups is 1. The van der Waals surface area contributed by atoms with Crippen LogP contribution in [0.2, 0.25) is 0 Å². The highest BCUT2D eigenvalue weighted by Crippen LogP contribution is 2.19. The number of fused-ring (bicyclic) bond motifs is 1. The van der Waals surface area contributed by atoms with Gasteiger partial charge in [0.2, 0.25) is 11.8 Å². The Labute approximate surface area is 299 Å². The van der Waals surface area contributed by atoms with E-state index >= 15 is 0 Å². The topological polar surface area (TPSA) is 234 Å². The lowest BCUT2D eigenvalue weighted by Gasteiger charge is -2.26. The van der Waals surface area contributed by atoms with Gasteiger partial charge in [0, 0.05) is 38.4 Å². The second-order valence-electron chi connectivity index (χ2n) is 13.4. The molecule has 3 aromatic carbocycles. The van der Waals surface area contributed by atoms with E-state index in [-0.39, 0.29) is 60.6 Å². The molecule has 12 N–H and O–H groups in total. The molecule has 3 aromatic rings. The maximum Gasteiger partial charge on any atom is 0.243 e. The molecule has 1 fully saturated rings. The molecule has 0 radical (unpaired) electrons. The Bertz CT molecular complexity index is 1640. The number of carbonyl (C=O) groups is 3. The van der Waals surface area contributed by atoms with E-state index in [1.165, 1.54) is 0 Å². The summed E-state index contributed by atoms with van der Waals surface area (Å²) in [5.74, 6) is -0.676. The second kappa shape index (κ2) is 20.0. The van der Waals surface area contributed by atoms with Crippen molar-refractivity contribution in [3.05, 3.63) is 77.9 Å². The van der Waals surface area contributed by atoms with Crippen molar-refractivity contribution in [3.63, 3.8) is 0 Å². The number of hydrogen-bond donors (Lipinski definition) is 9. The Hall–Kier alpha value is -5.01. The fraction of sp³-hybridized carbons (Fsp3) is 0.447. The van der Waals surface area contributed by atoms with E-state index in [4.69, 9.17) is 22.6 Å². The van der Waals surface area contributed by atoms with Gasteiger partial charge in [0.15, 0.2) is 11.7 Å². The summed E-state index contributed by atoms with van der Waals surface area (Å²) >= 11 is 0. The van der Waals surface area contributed by atoms with Crippen molar-refractivity contribution in [2.24, 2.45) is 28.1 Å². The number of phenolic OH excluding ortho intramolecular Hbond substituents is 1. The molecule has 0 aromatic heterocycles. The van der Waals surface area contributed by atoms with Gasteiger partial charge in [0.25, 0.3) is 0 Å². The average Bonchev–Trinajstić information content (AvgIpc) is 3.10. The van der Waals surface area contributed by atoms with Crippen LogP contribution in [0, 0.1) is 11.3 Å². The largest absolute Gasteiger partial charge is 0.508 e. The van der Waals surface area contributed by atoms with Crippen molar-refractivity contribution in [1.82, 2.24) is 21.3 Å². The highest BCUT2D eigenvalue weighted by molar-refractivity contribution is 5.92. The Morgan fingerprint density at radius 3 is 2.29 bits per heavy atom. The van der Waals surface area contributed by atoms with Crippen LogP contribution in [0.1, 0.15) is 56.1 Å². The summed E-state index contributed by atoms with van der Waals surface area (Å²) in [7, 11) is 0. The molecule has 0 saturated carbocycles. The van der Waals surface area contributed by atoms with Crippen molar-refractivity contribution >= 4 is 40.2 Å². The van der Waals surface area contributed by atoms with Gasteiger partial charge in [0.05, 0.1) is 18.4 Å². The summed E-state index contributed by atoms with van der Waals surface area (Å²) in [5.41, 5.74) is 18.5. The first-order chi connectivity index (χ1) is 24.5. The van der Waals surface area contributed by atoms with Gasteiger partial charge in [-0.3, -0.25) is 24.8 Å². The molecular formula is C38H53N9O4. The van der Waals surface area contributed by atoms with E-state index in [9.17, 15) is 19.5 Å². The standard InChI is InChI=1S/C38H53N9O4/c39-35(40)10-4-3-8-30-23-45-33(9-5-17-43-38(41)42)37(51)47-34(21-26-11-14-28-6-1-2-7-29(28)19-26)36(50)46-24-32(49)20-27(22-44-30)18-25-12-15-31(48)16-13-25/h1-2,6-7,11-16,19,27,30,33-34,44-45,48H,3-5,8-10,17-18,20-24H2,(H3,39,40)(H,46,50)(H,47,51)(H4,41,42,43)/t27-,30-,33-,34-/m0/s1. The van der Waals surface area contributed by atoms with E-state index < -0.39 is 18.0 Å². The van der Waals surface area contributed by atoms with Crippen molar-refractivity contribution in [1.29, 1.82) is 5.41 Å². The molecule has 0 bridgehead atoms. The number of guanidine groups is 1. The number of ketones is 1. The van der Waals surface area contributed by atoms with E-state index in [0.717, 1.165) is 41.2 Å². The molecule has 4 rings (SSSR count). The lowest BCUT2D eigenvalue weighted by Crippen LogP contribution is -2.55. The van der Waals surface area contributed by atoms with Crippen LogP contribution in [0.3, 0.4) is 0 Å². The summed E-state index contributed by atoms with van der Waals surface area (Å²) in [6.07, 6.45) is 4.85. The third-order valence-electron chi connectivity index (χ3n) is 9.14. The molecule has 1 aliphatic rings. The average molecular weight is 700 g/mol. The number of carbonyl (C=O) groups excluding carboxylic acids is 3. The van der Waals surface area contributed by atoms with E-state index in [0.29, 0.717) is 45.3 Å². The van der Waals surface area contributed by atoms with Crippen molar-refractivity contribution in [2.75, 3.05) is 26.2 Å². The van der Waals surface area contributed by atoms with Gasteiger partial charge < -0.3 is 43.6 Å². The van der Waals surface area contributed by atoms with Crippen LogP contribution in [-0.2, 0) is 27.2 Å². The number of hydrogen-bond acceptors (Lipinski definition) is 8. The number of nitrogens with zero attached hydrogens (tertiary/aromatic N) is 1. The number of phenols is 1. The molecular weight excluding hydrogens is 646 g/mol. The van der Waals surface area contributed by atoms with Crippen LogP contribution >= 0.6 is 0 Å². The van der Waals surface area contributed by atoms with Gasteiger partial charge in [-0.15, -0.1) is 0 Å². The number of amidine groups is 1. The third kappa shape index (κ3) is 13.7. The fourth-order valence-electron chi connectivity index (χ4n) is 6.40. The minimum absolute atomic E-state index is 0.0205. The number of unbranched alkanes of at least 4 members (excludes halogenated alkanes) is 1. The number of nitrogens with two attached hydrogens (primary N) is 3. The zero-order valence-electron chi connectivity index (χ0n) is 29.2. The molecule has 0 spiro atoms. The summed E-state index contributed by atoms with van der Waals surface area (Å²) in [6.45, 7) is 1.15. The Balaban J connectivity index is 1.59. The minimum atomic E-state index is -0.924. The smallest absolute Gasteiger partial charge is 0.243 e. The highest BCUT2D eigenvalue weighted by Gasteiger charge is 2.28. The molecule has 274 valence electrons. The maximum atomic E-state index is 13.9. The first kappa shape index (κ1) is 38.8. The fourth-order valence-corrected chi connectivity index (χ4v) is 6.40. The van der Waals surface area contributed by atoms with Gasteiger partial charge in [-0.25, -0.2) is 0 Å². The number of aliphatic imine (C=N–C) groups is 1. The Kier molecular flexibility index (Phi) is 15.2. The monoisotopic (exact) mass is 699 g/mol. The predicted octanol–water partition coefficient (Wildman–Crippen LogP) is 1.99. The van der Waals surface area contributed by atoms with Crippen LogP contribution in [0.5, 0.6) is 5.75 Å². The Morgan fingerprint density at radius 1 is 0.804 bits per heavy atom. The molecule has 0 aliphatic carbocycles. The van der Waals surface area contributed by atoms with E-state index in [2.05, 4.69) is 26.3 Å². The normalized spacial score (nSPS) is 20.8. The second-order valence-corrected chi connectivity index (χ2v) is 13.4. The van der Waals surface area contributed by atoms with Crippen molar-refractivity contribution in [2.45, 2.75) is 75.9 Å². The van der Waals surface area contributed by atoms with E-state index in [1.807, 2.05) is 54.6 Å². The van der Waals surface area contributed by atoms with Crippen LogP contribution in [0.25, 0.3) is 10.8 Å². The highest BCUT2D eigenvalue weighted by atomic mass is 16.3. The van der Waals surface area contributed by atoms with Crippen LogP contribution in [-0.4, -0.2) is 78.8 Å². The SMILES string of the molecule is N=C(N)CCCC[C@H]1CN[C@@H](CCCN=C(N)N)C(=O)N[C@@H](Cc2ccc3ccccc3c2)C(=O)NCC(=O)C[C@H](Cc2ccc(O)cc2)CN1. The van der Waals surface area contributed by atoms with Gasteiger partial charge in [0.1, 0.15) is 11.8 Å². The zero-order valence-corrected chi connectivity index (χ0v) is 29.2. The summed E-state index contributed by atoms with van der Waals surface area (Å²) in [6, 6.07) is 19.2. The summed E-state index contributed by atoms with van der Waals surface area (Å²) in [5, 5.41) is 32.4. The maximum absolute atomic E-state index is 13.9. The third-order valence-corrected chi connectivity index (χ3v) is 9.14. The van der Waals surface area contributed by atoms with Gasteiger partial charge in [-0.05, 0) is 78.6 Å². The van der Waals surface area contributed by atoms with Gasteiger partial charge >= 0.3 is 0 Å². The number of amides is 2. The summed E-state index contributed by atoms with van der Waals surface area (Å²) < 4.78 is 0. The molecule has 4 atom stereocenters. The van der Waals surface area contributed by atoms with Crippen LogP contribution in [0.15, 0.2) is 71.7 Å². The molecule has 13 heteroatoms. The van der Waals surface area contributed by atoms with Gasteiger partial charge in [-0.1, -0.05) is 61.0 Å². The molecule has 1 heterocycles. The predicted molar refractivity (Wildman–Crippen MR) is 201 cm³/mol. The van der Waals surface area contributed by atoms with Crippen molar-refractivity contribution in [3.8, 4) is 5.75 Å². The first-order valence-corrected chi connectivity index (χ1v) is 17.8. The van der Waals surface area contributed by atoms with E-state index in [1.54, 1.807) is 12.1 Å². The summed E-state index contributed by atoms with van der Waals surface area (Å²) in [4.78, 5) is 45.1. The number of nitrogens with one attached hydrogen (secondary N) is 5. The zero-order chi connectivity index (χ0) is 36.6. The molecule has 0 unspecified atom stereocenters. The Morgan fingerprint density at radius 2 is 1.55 bits per heavy atom. The van der Waals surface area contributed by atoms with Gasteiger partial charge in [-0.2, -0.15) is 0 Å². The molecule has 1 saturated heterocycles. The lowest BCUT2D eigenvalue weighted by molar-refractivity contribution is -0.131. The number of benzene rings is 3. The molecule has 13 nitrogen and oxygen atoms in total. The first-order valence-electron chi connectivity index (χ1n) is 17.8. The quantitative estimate of drug-likeness (QED) is 0.0720. The molecule has 1 aliphatic heterocycles. The molecule has 51 heavy (non-hydrogen) atoms. The lowest BCUT2D eigenvalue weighted by atomic mass is 9.93. The van der Waals surface area contributed by atoms with Crippen LogP contribution < -0.4 is 38.5 Å².